The van der Waals surface area contributed by atoms with Gasteiger partial charge in [0.15, 0.2) is 0 Å². The van der Waals surface area contributed by atoms with Crippen molar-refractivity contribution in [2.24, 2.45) is 35.5 Å². The van der Waals surface area contributed by atoms with Crippen LogP contribution in [0, 0.1) is 35.5 Å². The predicted molar refractivity (Wildman–Crippen MR) is 122 cm³/mol. The molecule has 0 heterocycles. The number of unbranched alkanes of at least 4 members (excludes halogenated alkanes) is 1. The fourth-order valence-corrected chi connectivity index (χ4v) is 6.98. The molecule has 3 aliphatic carbocycles. The Bertz CT molecular complexity index is 471. The molecule has 3 atom stereocenters. The molecule has 0 radical (unpaired) electrons. The zero-order valence-electron chi connectivity index (χ0n) is 19.7. The number of esters is 1. The average molecular weight is 405 g/mol. The highest BCUT2D eigenvalue weighted by atomic mass is 16.5. The molecule has 3 saturated carbocycles. The van der Waals surface area contributed by atoms with E-state index in [1.54, 1.807) is 0 Å². The lowest BCUT2D eigenvalue weighted by atomic mass is 9.64. The van der Waals surface area contributed by atoms with E-state index in [4.69, 9.17) is 4.74 Å². The van der Waals surface area contributed by atoms with Gasteiger partial charge in [-0.25, -0.2) is 0 Å². The quantitative estimate of drug-likeness (QED) is 0.384. The van der Waals surface area contributed by atoms with Crippen LogP contribution in [-0.4, -0.2) is 12.1 Å². The SMILES string of the molecule is CCCC[C@H]1CC[C@@H]([C@H]2CC[C@H](C(=O)OC3CCC(CCC)CC3)CC2)[C@H](C)C1. The summed E-state index contributed by atoms with van der Waals surface area (Å²) in [5, 5.41) is 0. The van der Waals surface area contributed by atoms with Gasteiger partial charge in [0, 0.05) is 0 Å². The third-order valence-corrected chi connectivity index (χ3v) is 8.79. The predicted octanol–water partition coefficient (Wildman–Crippen LogP) is 7.94. The standard InChI is InChI=1S/C27H48O2/c1-4-6-8-22-11-18-26(20(3)19-22)23-12-14-24(15-13-23)27(28)29-25-16-9-21(7-5-2)10-17-25/h20-26H,4-19H2,1-3H3/t20-,21?,22+,23-,24-,25?,26-/m1/s1. The first-order valence-electron chi connectivity index (χ1n) is 13.3. The molecule has 0 aromatic rings. The smallest absolute Gasteiger partial charge is 0.309 e. The number of rotatable bonds is 8. The van der Waals surface area contributed by atoms with Gasteiger partial charge < -0.3 is 4.74 Å². The molecule has 0 bridgehead atoms. The zero-order chi connectivity index (χ0) is 20.6. The van der Waals surface area contributed by atoms with Crippen molar-refractivity contribution in [3.8, 4) is 0 Å². The van der Waals surface area contributed by atoms with Crippen LogP contribution in [0.4, 0.5) is 0 Å². The van der Waals surface area contributed by atoms with E-state index in [-0.39, 0.29) is 18.0 Å². The Morgan fingerprint density at radius 1 is 0.793 bits per heavy atom. The van der Waals surface area contributed by atoms with Crippen molar-refractivity contribution in [3.63, 3.8) is 0 Å². The molecule has 3 aliphatic rings. The lowest BCUT2D eigenvalue weighted by Crippen LogP contribution is -2.34. The Balaban J connectivity index is 1.36. The number of ether oxygens (including phenoxy) is 1. The Morgan fingerprint density at radius 2 is 1.48 bits per heavy atom. The molecule has 2 nitrogen and oxygen atoms in total. The third kappa shape index (κ3) is 6.73. The van der Waals surface area contributed by atoms with Crippen molar-refractivity contribution in [2.45, 2.75) is 130 Å². The molecular formula is C27H48O2. The van der Waals surface area contributed by atoms with Crippen molar-refractivity contribution in [3.05, 3.63) is 0 Å². The van der Waals surface area contributed by atoms with Crippen LogP contribution < -0.4 is 0 Å². The van der Waals surface area contributed by atoms with Gasteiger partial charge in [-0.2, -0.15) is 0 Å². The van der Waals surface area contributed by atoms with Gasteiger partial charge in [-0.1, -0.05) is 59.3 Å². The van der Waals surface area contributed by atoms with Crippen LogP contribution in [0.25, 0.3) is 0 Å². The third-order valence-electron chi connectivity index (χ3n) is 8.79. The second-order valence-corrected chi connectivity index (χ2v) is 10.9. The number of carbonyl (C=O) groups is 1. The first-order valence-corrected chi connectivity index (χ1v) is 13.3. The summed E-state index contributed by atoms with van der Waals surface area (Å²) in [4.78, 5) is 12.7. The maximum absolute atomic E-state index is 12.7. The van der Waals surface area contributed by atoms with Crippen LogP contribution in [0.5, 0.6) is 0 Å². The highest BCUT2D eigenvalue weighted by Gasteiger charge is 2.37. The Morgan fingerprint density at radius 3 is 2.10 bits per heavy atom. The number of carbonyl (C=O) groups excluding carboxylic acids is 1. The molecule has 3 fully saturated rings. The second-order valence-electron chi connectivity index (χ2n) is 10.9. The average Bonchev–Trinajstić information content (AvgIpc) is 2.74. The Kier molecular flexibility index (Phi) is 9.38. The largest absolute Gasteiger partial charge is 0.462 e. The maximum Gasteiger partial charge on any atom is 0.309 e. The minimum atomic E-state index is 0.138. The Labute approximate surface area is 180 Å². The lowest BCUT2D eigenvalue weighted by Gasteiger charge is -2.41. The van der Waals surface area contributed by atoms with Crippen LogP contribution in [0.2, 0.25) is 0 Å². The summed E-state index contributed by atoms with van der Waals surface area (Å²) in [5.74, 6) is 4.86. The molecule has 29 heavy (non-hydrogen) atoms. The fourth-order valence-electron chi connectivity index (χ4n) is 6.98. The van der Waals surface area contributed by atoms with E-state index in [2.05, 4.69) is 20.8 Å². The molecule has 0 aromatic heterocycles. The fraction of sp³-hybridized carbons (Fsp3) is 0.963. The van der Waals surface area contributed by atoms with E-state index in [0.29, 0.717) is 0 Å². The van der Waals surface area contributed by atoms with E-state index in [0.717, 1.165) is 55.3 Å². The van der Waals surface area contributed by atoms with Crippen LogP contribution in [0.1, 0.15) is 124 Å². The summed E-state index contributed by atoms with van der Waals surface area (Å²) in [6.45, 7) is 7.11. The molecule has 0 amide bonds. The van der Waals surface area contributed by atoms with Crippen LogP contribution >= 0.6 is 0 Å². The molecule has 0 spiro atoms. The van der Waals surface area contributed by atoms with E-state index >= 15 is 0 Å². The molecular weight excluding hydrogens is 356 g/mol. The summed E-state index contributed by atoms with van der Waals surface area (Å²) < 4.78 is 5.97. The summed E-state index contributed by atoms with van der Waals surface area (Å²) in [6, 6.07) is 0. The molecule has 0 aromatic carbocycles. The zero-order valence-corrected chi connectivity index (χ0v) is 19.7. The molecule has 0 saturated heterocycles. The monoisotopic (exact) mass is 404 g/mol. The summed E-state index contributed by atoms with van der Waals surface area (Å²) in [6.07, 6.45) is 20.8. The van der Waals surface area contributed by atoms with Crippen LogP contribution in [0.3, 0.4) is 0 Å². The molecule has 3 rings (SSSR count). The van der Waals surface area contributed by atoms with Gasteiger partial charge in [0.1, 0.15) is 6.10 Å². The van der Waals surface area contributed by atoms with Crippen molar-refractivity contribution in [1.82, 2.24) is 0 Å². The maximum atomic E-state index is 12.7. The molecule has 0 N–H and O–H groups in total. The van der Waals surface area contributed by atoms with Gasteiger partial charge in [-0.3, -0.25) is 4.79 Å². The summed E-state index contributed by atoms with van der Waals surface area (Å²) in [7, 11) is 0. The normalized spacial score (nSPS) is 38.5. The minimum absolute atomic E-state index is 0.138. The van der Waals surface area contributed by atoms with Gasteiger partial charge in [0.05, 0.1) is 5.92 Å². The van der Waals surface area contributed by atoms with E-state index in [1.165, 1.54) is 77.0 Å². The number of hydrogen-bond donors (Lipinski definition) is 0. The Hall–Kier alpha value is -0.530. The van der Waals surface area contributed by atoms with Crippen molar-refractivity contribution >= 4 is 5.97 Å². The summed E-state index contributed by atoms with van der Waals surface area (Å²) in [5.41, 5.74) is 0. The number of hydrogen-bond acceptors (Lipinski definition) is 2. The molecule has 0 aliphatic heterocycles. The van der Waals surface area contributed by atoms with Crippen LogP contribution in [0.15, 0.2) is 0 Å². The topological polar surface area (TPSA) is 26.3 Å². The van der Waals surface area contributed by atoms with Gasteiger partial charge in [-0.15, -0.1) is 0 Å². The molecule has 168 valence electrons. The second kappa shape index (κ2) is 11.8. The van der Waals surface area contributed by atoms with Crippen molar-refractivity contribution in [1.29, 1.82) is 0 Å². The highest BCUT2D eigenvalue weighted by molar-refractivity contribution is 5.72. The van der Waals surface area contributed by atoms with Crippen LogP contribution in [-0.2, 0) is 9.53 Å². The van der Waals surface area contributed by atoms with E-state index in [9.17, 15) is 4.79 Å². The van der Waals surface area contributed by atoms with E-state index in [1.807, 2.05) is 0 Å². The molecule has 0 unspecified atom stereocenters. The van der Waals surface area contributed by atoms with Crippen molar-refractivity contribution in [2.75, 3.05) is 0 Å². The van der Waals surface area contributed by atoms with Gasteiger partial charge in [0.2, 0.25) is 0 Å². The van der Waals surface area contributed by atoms with Gasteiger partial charge >= 0.3 is 5.97 Å². The van der Waals surface area contributed by atoms with Gasteiger partial charge in [0.25, 0.3) is 0 Å². The van der Waals surface area contributed by atoms with Gasteiger partial charge in [-0.05, 0) is 93.8 Å². The van der Waals surface area contributed by atoms with E-state index < -0.39 is 0 Å². The lowest BCUT2D eigenvalue weighted by molar-refractivity contribution is -0.157. The first kappa shape index (κ1) is 23.1. The minimum Gasteiger partial charge on any atom is -0.462 e. The van der Waals surface area contributed by atoms with Crippen molar-refractivity contribution < 1.29 is 9.53 Å². The summed E-state index contributed by atoms with van der Waals surface area (Å²) >= 11 is 0. The first-order chi connectivity index (χ1) is 14.1. The highest BCUT2D eigenvalue weighted by Crippen LogP contribution is 2.45. The molecule has 2 heteroatoms.